The Morgan fingerprint density at radius 2 is 2.33 bits per heavy atom. The van der Waals surface area contributed by atoms with Crippen molar-refractivity contribution in [3.05, 3.63) is 35.1 Å². The molecule has 0 N–H and O–H groups in total. The van der Waals surface area contributed by atoms with Gasteiger partial charge in [-0.2, -0.15) is 0 Å². The fourth-order valence-electron chi connectivity index (χ4n) is 3.01. The van der Waals surface area contributed by atoms with Crippen molar-refractivity contribution in [1.29, 1.82) is 5.26 Å². The number of esters is 1. The van der Waals surface area contributed by atoms with Gasteiger partial charge in [0.05, 0.1) is 24.8 Å². The zero-order valence-corrected chi connectivity index (χ0v) is 15.4. The Labute approximate surface area is 159 Å². The van der Waals surface area contributed by atoms with Crippen LogP contribution in [0.1, 0.15) is 15.9 Å². The van der Waals surface area contributed by atoms with Crippen molar-refractivity contribution in [2.24, 2.45) is 0 Å². The first kappa shape index (κ1) is 20.5. The largest absolute Gasteiger partial charge is 0.465 e. The van der Waals surface area contributed by atoms with Gasteiger partial charge < -0.3 is 14.5 Å². The highest BCUT2D eigenvalue weighted by molar-refractivity contribution is 6.67. The van der Waals surface area contributed by atoms with E-state index in [1.54, 1.807) is 0 Å². The lowest BCUT2D eigenvalue weighted by Gasteiger charge is -2.35. The molecule has 0 aromatic heterocycles. The third-order valence-electron chi connectivity index (χ3n) is 4.68. The van der Waals surface area contributed by atoms with Crippen molar-refractivity contribution in [2.75, 3.05) is 33.8 Å². The highest BCUT2D eigenvalue weighted by Crippen LogP contribution is 2.17. The number of methoxy groups -OCH3 is 1. The van der Waals surface area contributed by atoms with Crippen molar-refractivity contribution in [1.82, 2.24) is 9.80 Å². The smallest absolute Gasteiger partial charge is 0.337 e. The predicted octanol–water partition coefficient (Wildman–Crippen LogP) is 1.29. The molecule has 8 heteroatoms. The Kier molecular flexibility index (Phi) is 7.39. The number of ether oxygens (including phenoxy) is 1. The molecule has 1 unspecified atom stereocenters. The van der Waals surface area contributed by atoms with Crippen LogP contribution in [-0.4, -0.2) is 68.7 Å². The number of hydrogen-bond donors (Lipinski definition) is 0. The van der Waals surface area contributed by atoms with Gasteiger partial charge in [-0.3, -0.25) is 4.79 Å². The van der Waals surface area contributed by atoms with Crippen LogP contribution in [0.4, 0.5) is 4.39 Å². The van der Waals surface area contributed by atoms with Crippen LogP contribution in [0.15, 0.2) is 18.2 Å². The molecule has 0 bridgehead atoms. The van der Waals surface area contributed by atoms with Gasteiger partial charge in [0.15, 0.2) is 0 Å². The fourth-order valence-corrected chi connectivity index (χ4v) is 3.01. The third kappa shape index (κ3) is 5.57. The Morgan fingerprint density at radius 3 is 2.96 bits per heavy atom. The van der Waals surface area contributed by atoms with Gasteiger partial charge in [0, 0.05) is 18.6 Å². The van der Waals surface area contributed by atoms with Gasteiger partial charge in [0.2, 0.25) is 6.41 Å². The summed E-state index contributed by atoms with van der Waals surface area (Å²) in [6, 6.07) is 4.03. The van der Waals surface area contributed by atoms with E-state index in [-0.39, 0.29) is 30.4 Å². The first-order valence-electron chi connectivity index (χ1n) is 8.64. The van der Waals surface area contributed by atoms with Crippen LogP contribution >= 0.6 is 0 Å². The molecule has 2 rings (SSSR count). The van der Waals surface area contributed by atoms with Gasteiger partial charge in [-0.1, -0.05) is 11.8 Å². The molecule has 6 nitrogen and oxygen atoms in total. The molecule has 1 heterocycles. The third-order valence-corrected chi connectivity index (χ3v) is 4.68. The number of amides is 1. The van der Waals surface area contributed by atoms with Gasteiger partial charge in [-0.05, 0) is 44.4 Å². The highest BCUT2D eigenvalue weighted by Gasteiger charge is 2.29. The van der Waals surface area contributed by atoms with Gasteiger partial charge >= 0.3 is 5.97 Å². The number of carbonyl (C=O) groups excluding carboxylic acids is 2. The molecule has 1 amide bonds. The standard InChI is InChI=1S/C19H21BFN3O3/c1-23-9-7-20(13-22)11-17(23)12-24(14-25)8-3-4-15-5-6-16(10-18(15)21)19(26)27-2/h5-6,10,14,17H,7-9,11-12H2,1-2H3. The Hall–Kier alpha value is -2.84. The summed E-state index contributed by atoms with van der Waals surface area (Å²) >= 11 is 0. The van der Waals surface area contributed by atoms with E-state index in [1.807, 2.05) is 7.05 Å². The minimum atomic E-state index is -0.619. The second-order valence-electron chi connectivity index (χ2n) is 6.51. The lowest BCUT2D eigenvalue weighted by atomic mass is 9.43. The SMILES string of the molecule is COC(=O)c1ccc(C#CCN(C=O)CC2CB(C#N)CCN2C)c(F)c1. The first-order chi connectivity index (χ1) is 13.0. The van der Waals surface area contributed by atoms with Crippen molar-refractivity contribution < 1.29 is 18.7 Å². The quantitative estimate of drug-likeness (QED) is 0.339. The maximum absolute atomic E-state index is 14.0. The van der Waals surface area contributed by atoms with E-state index in [0.717, 1.165) is 25.3 Å². The molecule has 1 aromatic rings. The first-order valence-corrected chi connectivity index (χ1v) is 8.64. The minimum absolute atomic E-state index is 0.00760. The molecular weight excluding hydrogens is 348 g/mol. The second-order valence-corrected chi connectivity index (χ2v) is 6.51. The van der Waals surface area contributed by atoms with Gasteiger partial charge in [0.25, 0.3) is 6.71 Å². The van der Waals surface area contributed by atoms with Crippen molar-refractivity contribution in [3.63, 3.8) is 0 Å². The molecule has 1 saturated heterocycles. The van der Waals surface area contributed by atoms with Crippen LogP contribution in [-0.2, 0) is 9.53 Å². The normalized spacial score (nSPS) is 16.7. The summed E-state index contributed by atoms with van der Waals surface area (Å²) in [5.41, 5.74) is 0.260. The fraction of sp³-hybridized carbons (Fsp3) is 0.421. The molecule has 1 aromatic carbocycles. The average molecular weight is 369 g/mol. The molecule has 27 heavy (non-hydrogen) atoms. The summed E-state index contributed by atoms with van der Waals surface area (Å²) in [6.45, 7) is 1.45. The van der Waals surface area contributed by atoms with Crippen LogP contribution in [0.5, 0.6) is 0 Å². The van der Waals surface area contributed by atoms with E-state index in [2.05, 4.69) is 27.4 Å². The number of carbonyl (C=O) groups is 2. The van der Waals surface area contributed by atoms with Crippen LogP contribution in [0.2, 0.25) is 12.6 Å². The van der Waals surface area contributed by atoms with Crippen molar-refractivity contribution in [2.45, 2.75) is 18.7 Å². The van der Waals surface area contributed by atoms with Crippen LogP contribution in [0.3, 0.4) is 0 Å². The summed E-state index contributed by atoms with van der Waals surface area (Å²) in [5, 5.41) is 9.11. The zero-order chi connectivity index (χ0) is 19.8. The maximum atomic E-state index is 14.0. The monoisotopic (exact) mass is 369 g/mol. The summed E-state index contributed by atoms with van der Waals surface area (Å²) in [6.07, 6.45) is 2.27. The number of nitrogens with zero attached hydrogens (tertiary/aromatic N) is 3. The van der Waals surface area contributed by atoms with Gasteiger partial charge in [0.1, 0.15) is 5.82 Å². The summed E-state index contributed by atoms with van der Waals surface area (Å²) in [7, 11) is 3.20. The lowest BCUT2D eigenvalue weighted by Crippen LogP contribution is -2.48. The van der Waals surface area contributed by atoms with E-state index in [0.29, 0.717) is 12.9 Å². The molecule has 140 valence electrons. The molecule has 1 aliphatic rings. The number of likely N-dealkylation sites (N-methyl/N-ethyl adjacent to an activating group) is 1. The number of halogens is 1. The molecule has 1 fully saturated rings. The minimum Gasteiger partial charge on any atom is -0.465 e. The number of nitriles is 1. The van der Waals surface area contributed by atoms with E-state index in [4.69, 9.17) is 5.26 Å². The number of benzene rings is 1. The summed E-state index contributed by atoms with van der Waals surface area (Å²) in [5.74, 6) is 6.54. The second kappa shape index (κ2) is 9.75. The van der Waals surface area contributed by atoms with E-state index in [9.17, 15) is 14.0 Å². The maximum Gasteiger partial charge on any atom is 0.337 e. The highest BCUT2D eigenvalue weighted by atomic mass is 19.1. The molecule has 0 spiro atoms. The van der Waals surface area contributed by atoms with Gasteiger partial charge in [-0.15, -0.1) is 0 Å². The van der Waals surface area contributed by atoms with Gasteiger partial charge in [-0.25, -0.2) is 14.4 Å². The van der Waals surface area contributed by atoms with E-state index < -0.39 is 11.8 Å². The van der Waals surface area contributed by atoms with E-state index in [1.165, 1.54) is 24.1 Å². The molecule has 0 saturated carbocycles. The van der Waals surface area contributed by atoms with E-state index >= 15 is 0 Å². The van der Waals surface area contributed by atoms with Crippen molar-refractivity contribution >= 4 is 19.1 Å². The molecule has 1 aliphatic heterocycles. The van der Waals surface area contributed by atoms with Crippen molar-refractivity contribution in [3.8, 4) is 17.8 Å². The Morgan fingerprint density at radius 1 is 1.56 bits per heavy atom. The molecule has 1 atom stereocenters. The van der Waals surface area contributed by atoms with Crippen LogP contribution in [0, 0.1) is 28.9 Å². The molecule has 0 aliphatic carbocycles. The number of hydrogen-bond acceptors (Lipinski definition) is 5. The average Bonchev–Trinajstić information content (AvgIpc) is 2.69. The van der Waals surface area contributed by atoms with Crippen LogP contribution < -0.4 is 0 Å². The summed E-state index contributed by atoms with van der Waals surface area (Å²) < 4.78 is 18.6. The summed E-state index contributed by atoms with van der Waals surface area (Å²) in [4.78, 5) is 26.4. The Bertz CT molecular complexity index is 800. The van der Waals surface area contributed by atoms with Crippen LogP contribution in [0.25, 0.3) is 0 Å². The predicted molar refractivity (Wildman–Crippen MR) is 99.7 cm³/mol. The zero-order valence-electron chi connectivity index (χ0n) is 15.4. The Balaban J connectivity index is 1.99. The lowest BCUT2D eigenvalue weighted by molar-refractivity contribution is -0.118. The number of rotatable bonds is 5. The molecule has 0 radical (unpaired) electrons. The topological polar surface area (TPSA) is 73.6 Å². The molecular formula is C19H21BFN3O3.